The molecule has 1 heterocycles. The lowest BCUT2D eigenvalue weighted by atomic mass is 10.1. The first-order chi connectivity index (χ1) is 14.8. The summed E-state index contributed by atoms with van der Waals surface area (Å²) in [5.41, 5.74) is 7.02. The average Bonchev–Trinajstić information content (AvgIpc) is 2.74. The van der Waals surface area contributed by atoms with E-state index >= 15 is 0 Å². The Bertz CT molecular complexity index is 933. The Balaban J connectivity index is 1.38. The molecule has 2 aromatic rings. The van der Waals surface area contributed by atoms with E-state index in [1.54, 1.807) is 0 Å². The van der Waals surface area contributed by atoms with Gasteiger partial charge in [-0.15, -0.1) is 0 Å². The quantitative estimate of drug-likeness (QED) is 0.583. The summed E-state index contributed by atoms with van der Waals surface area (Å²) in [5, 5.41) is 11.6. The van der Waals surface area contributed by atoms with Crippen LogP contribution in [-0.4, -0.2) is 59.3 Å². The Kier molecular flexibility index (Phi) is 8.23. The zero-order valence-corrected chi connectivity index (χ0v) is 20.6. The van der Waals surface area contributed by atoms with Crippen molar-refractivity contribution in [3.63, 3.8) is 0 Å². The fourth-order valence-electron chi connectivity index (χ4n) is 3.60. The summed E-state index contributed by atoms with van der Waals surface area (Å²) < 4.78 is 0. The molecule has 0 saturated carbocycles. The molecule has 1 fully saturated rings. The van der Waals surface area contributed by atoms with E-state index in [9.17, 15) is 0 Å². The van der Waals surface area contributed by atoms with Crippen LogP contribution < -0.4 is 16.0 Å². The first kappa shape index (κ1) is 23.4. The van der Waals surface area contributed by atoms with Crippen LogP contribution in [0, 0.1) is 27.7 Å². The van der Waals surface area contributed by atoms with E-state index in [-0.39, 0.29) is 0 Å². The molecule has 3 N–H and O–H groups in total. The molecule has 1 aliphatic rings. The predicted molar refractivity (Wildman–Crippen MR) is 140 cm³/mol. The number of hydrogen-bond acceptors (Lipinski definition) is 3. The maximum Gasteiger partial charge on any atom is 0.173 e. The second-order valence-corrected chi connectivity index (χ2v) is 9.07. The Labute approximate surface area is 197 Å². The Hall–Kier alpha value is -2.22. The number of rotatable bonds is 5. The fourth-order valence-corrected chi connectivity index (χ4v) is 4.11. The number of anilines is 2. The smallest absolute Gasteiger partial charge is 0.173 e. The van der Waals surface area contributed by atoms with Crippen LogP contribution in [0.5, 0.6) is 0 Å². The zero-order valence-electron chi connectivity index (χ0n) is 18.9. The van der Waals surface area contributed by atoms with Crippen LogP contribution in [0.1, 0.15) is 22.3 Å². The lowest BCUT2D eigenvalue weighted by Crippen LogP contribution is -2.51. The minimum absolute atomic E-state index is 0.672. The molecule has 0 bridgehead atoms. The average molecular weight is 456 g/mol. The van der Waals surface area contributed by atoms with E-state index in [0.717, 1.165) is 55.8 Å². The Morgan fingerprint density at radius 2 is 1.35 bits per heavy atom. The highest BCUT2D eigenvalue weighted by Crippen LogP contribution is 2.18. The van der Waals surface area contributed by atoms with Crippen molar-refractivity contribution in [2.45, 2.75) is 27.7 Å². The maximum absolute atomic E-state index is 5.66. The molecule has 166 valence electrons. The second-order valence-electron chi connectivity index (χ2n) is 8.28. The number of nitrogens with one attached hydrogen (secondary N) is 3. The molecule has 7 heteroatoms. The normalized spacial score (nSPS) is 14.3. The molecule has 3 rings (SSSR count). The number of thiocarbonyl (C=S) groups is 2. The molecule has 1 aliphatic heterocycles. The summed E-state index contributed by atoms with van der Waals surface area (Å²) in [6, 6.07) is 12.8. The molecule has 5 nitrogen and oxygen atoms in total. The molecule has 31 heavy (non-hydrogen) atoms. The van der Waals surface area contributed by atoms with Crippen LogP contribution in [-0.2, 0) is 0 Å². The van der Waals surface area contributed by atoms with Gasteiger partial charge in [-0.2, -0.15) is 0 Å². The lowest BCUT2D eigenvalue weighted by molar-refractivity contribution is 0.186. The highest BCUT2D eigenvalue weighted by Gasteiger charge is 2.19. The van der Waals surface area contributed by atoms with Crippen LogP contribution in [0.25, 0.3) is 0 Å². The molecule has 0 radical (unpaired) electrons. The Morgan fingerprint density at radius 3 is 1.94 bits per heavy atom. The van der Waals surface area contributed by atoms with E-state index in [2.05, 4.69) is 89.8 Å². The number of piperazine rings is 1. The van der Waals surface area contributed by atoms with Gasteiger partial charge < -0.3 is 20.9 Å². The van der Waals surface area contributed by atoms with E-state index in [1.807, 2.05) is 0 Å². The van der Waals surface area contributed by atoms with Gasteiger partial charge in [-0.05, 0) is 86.5 Å². The third kappa shape index (κ3) is 6.89. The van der Waals surface area contributed by atoms with Crippen LogP contribution in [0.15, 0.2) is 36.4 Å². The molecular formula is C24H33N5S2. The summed E-state index contributed by atoms with van der Waals surface area (Å²) >= 11 is 11.1. The minimum Gasteiger partial charge on any atom is -0.361 e. The third-order valence-electron chi connectivity index (χ3n) is 5.65. The molecule has 2 aromatic carbocycles. The van der Waals surface area contributed by atoms with Crippen molar-refractivity contribution in [2.24, 2.45) is 0 Å². The van der Waals surface area contributed by atoms with E-state index < -0.39 is 0 Å². The highest BCUT2D eigenvalue weighted by atomic mass is 32.1. The first-order valence-corrected chi connectivity index (χ1v) is 11.6. The summed E-state index contributed by atoms with van der Waals surface area (Å²) in [5.74, 6) is 0. The first-order valence-electron chi connectivity index (χ1n) is 10.8. The molecular weight excluding hydrogens is 422 g/mol. The van der Waals surface area contributed by atoms with Crippen molar-refractivity contribution in [3.05, 3.63) is 58.7 Å². The van der Waals surface area contributed by atoms with Gasteiger partial charge in [-0.25, -0.2) is 0 Å². The highest BCUT2D eigenvalue weighted by molar-refractivity contribution is 7.80. The van der Waals surface area contributed by atoms with Crippen molar-refractivity contribution >= 4 is 46.0 Å². The van der Waals surface area contributed by atoms with Crippen molar-refractivity contribution < 1.29 is 0 Å². The van der Waals surface area contributed by atoms with Gasteiger partial charge in [0.25, 0.3) is 0 Å². The molecule has 0 aliphatic carbocycles. The third-order valence-corrected chi connectivity index (χ3v) is 6.26. The number of benzene rings is 2. The van der Waals surface area contributed by atoms with Crippen LogP contribution in [0.3, 0.4) is 0 Å². The lowest BCUT2D eigenvalue weighted by Gasteiger charge is -2.36. The largest absolute Gasteiger partial charge is 0.361 e. The van der Waals surface area contributed by atoms with Gasteiger partial charge in [-0.3, -0.25) is 4.90 Å². The molecule has 0 atom stereocenters. The maximum atomic E-state index is 5.66. The summed E-state index contributed by atoms with van der Waals surface area (Å²) in [6.07, 6.45) is 0. The monoisotopic (exact) mass is 455 g/mol. The number of aryl methyl sites for hydroxylation is 4. The van der Waals surface area contributed by atoms with E-state index in [0.29, 0.717) is 5.11 Å². The second kappa shape index (κ2) is 10.9. The van der Waals surface area contributed by atoms with Gasteiger partial charge in [0, 0.05) is 50.6 Å². The molecule has 0 aromatic heterocycles. The number of nitrogens with zero attached hydrogens (tertiary/aromatic N) is 2. The number of hydrogen-bond donors (Lipinski definition) is 3. The van der Waals surface area contributed by atoms with E-state index in [1.165, 1.54) is 22.3 Å². The van der Waals surface area contributed by atoms with Gasteiger partial charge in [0.05, 0.1) is 0 Å². The topological polar surface area (TPSA) is 42.6 Å². The van der Waals surface area contributed by atoms with Crippen LogP contribution >= 0.6 is 24.4 Å². The van der Waals surface area contributed by atoms with Gasteiger partial charge in [0.15, 0.2) is 10.2 Å². The van der Waals surface area contributed by atoms with Gasteiger partial charge in [0.1, 0.15) is 0 Å². The van der Waals surface area contributed by atoms with E-state index in [4.69, 9.17) is 24.4 Å². The minimum atomic E-state index is 0.672. The molecule has 0 unspecified atom stereocenters. The standard InChI is InChI=1S/C24H33N5S2/c1-17-5-7-19(3)21(15-17)26-23(30)25-9-10-28-11-13-29(14-12-28)24(31)27-22-16-18(2)6-8-20(22)4/h5-8,15-16H,9-14H2,1-4H3,(H,27,31)(H2,25,26,30). The summed E-state index contributed by atoms with van der Waals surface area (Å²) in [6.45, 7) is 14.0. The van der Waals surface area contributed by atoms with Crippen LogP contribution in [0.4, 0.5) is 11.4 Å². The molecule has 1 saturated heterocycles. The fraction of sp³-hybridized carbons (Fsp3) is 0.417. The SMILES string of the molecule is Cc1ccc(C)c(NC(=S)NCCN2CCN(C(=S)Nc3cc(C)ccc3C)CC2)c1. The van der Waals surface area contributed by atoms with Gasteiger partial charge >= 0.3 is 0 Å². The zero-order chi connectivity index (χ0) is 22.4. The van der Waals surface area contributed by atoms with Crippen molar-refractivity contribution in [1.29, 1.82) is 0 Å². The summed E-state index contributed by atoms with van der Waals surface area (Å²) in [7, 11) is 0. The van der Waals surface area contributed by atoms with Gasteiger partial charge in [-0.1, -0.05) is 24.3 Å². The van der Waals surface area contributed by atoms with Gasteiger partial charge in [0.2, 0.25) is 0 Å². The molecule has 0 spiro atoms. The van der Waals surface area contributed by atoms with Crippen molar-refractivity contribution in [3.8, 4) is 0 Å². The Morgan fingerprint density at radius 1 is 0.806 bits per heavy atom. The van der Waals surface area contributed by atoms with Crippen molar-refractivity contribution in [2.75, 3.05) is 49.9 Å². The summed E-state index contributed by atoms with van der Waals surface area (Å²) in [4.78, 5) is 4.71. The van der Waals surface area contributed by atoms with Crippen molar-refractivity contribution in [1.82, 2.24) is 15.1 Å². The van der Waals surface area contributed by atoms with Crippen LogP contribution in [0.2, 0.25) is 0 Å². The predicted octanol–water partition coefficient (Wildman–Crippen LogP) is 4.22. The molecule has 0 amide bonds.